The zero-order valence-corrected chi connectivity index (χ0v) is 14.0. The van der Waals surface area contributed by atoms with Crippen LogP contribution in [0.4, 0.5) is 4.79 Å². The van der Waals surface area contributed by atoms with Gasteiger partial charge in [-0.1, -0.05) is 0 Å². The summed E-state index contributed by atoms with van der Waals surface area (Å²) in [4.78, 5) is 16.4. The Bertz CT molecular complexity index is 350. The van der Waals surface area contributed by atoms with Gasteiger partial charge >= 0.3 is 6.09 Å². The molecule has 2 rings (SSSR count). The van der Waals surface area contributed by atoms with Crippen molar-refractivity contribution in [1.29, 1.82) is 0 Å². The number of carbonyl (C=O) groups excluding carboxylic acids is 1. The van der Waals surface area contributed by atoms with Crippen LogP contribution in [-0.4, -0.2) is 66.3 Å². The normalized spacial score (nSPS) is 23.3. The highest BCUT2D eigenvalue weighted by atomic mass is 16.6. The molecule has 5 heteroatoms. The first-order valence-electron chi connectivity index (χ1n) is 8.34. The van der Waals surface area contributed by atoms with E-state index in [1.807, 2.05) is 27.7 Å². The van der Waals surface area contributed by atoms with Gasteiger partial charge in [0.2, 0.25) is 0 Å². The van der Waals surface area contributed by atoms with Gasteiger partial charge in [-0.25, -0.2) is 4.79 Å². The van der Waals surface area contributed by atoms with Crippen molar-refractivity contribution < 1.29 is 9.53 Å². The molecule has 0 aromatic rings. The lowest BCUT2D eigenvalue weighted by Crippen LogP contribution is -2.42. The molecular formula is C16H31N3O2. The number of nitrogens with zero attached hydrogens (tertiary/aromatic N) is 2. The quantitative estimate of drug-likeness (QED) is 0.815. The highest BCUT2D eigenvalue weighted by molar-refractivity contribution is 5.68. The van der Waals surface area contributed by atoms with E-state index in [4.69, 9.17) is 4.74 Å². The van der Waals surface area contributed by atoms with Crippen molar-refractivity contribution >= 4 is 6.09 Å². The summed E-state index contributed by atoms with van der Waals surface area (Å²) < 4.78 is 5.42. The molecule has 1 heterocycles. The fourth-order valence-corrected chi connectivity index (χ4v) is 2.83. The third-order valence-electron chi connectivity index (χ3n) is 4.13. The Balaban J connectivity index is 1.65. The lowest BCUT2D eigenvalue weighted by Gasteiger charge is -2.27. The molecule has 5 nitrogen and oxygen atoms in total. The van der Waals surface area contributed by atoms with Gasteiger partial charge in [0, 0.05) is 44.8 Å². The third-order valence-corrected chi connectivity index (χ3v) is 4.13. The SMILES string of the molecule is CCN(CCNC1CCN(C2CC2)C1)C(=O)OC(C)(C)C. The second-order valence-electron chi connectivity index (χ2n) is 7.23. The summed E-state index contributed by atoms with van der Waals surface area (Å²) in [5, 5.41) is 3.59. The fraction of sp³-hybridized carbons (Fsp3) is 0.938. The summed E-state index contributed by atoms with van der Waals surface area (Å²) in [7, 11) is 0. The van der Waals surface area contributed by atoms with E-state index in [2.05, 4.69) is 10.2 Å². The van der Waals surface area contributed by atoms with Gasteiger partial charge in [-0.05, 0) is 47.0 Å². The number of rotatable bonds is 6. The summed E-state index contributed by atoms with van der Waals surface area (Å²) in [5.74, 6) is 0. The van der Waals surface area contributed by atoms with Crippen LogP contribution in [0.3, 0.4) is 0 Å². The van der Waals surface area contributed by atoms with E-state index in [1.165, 1.54) is 32.4 Å². The maximum Gasteiger partial charge on any atom is 0.410 e. The summed E-state index contributed by atoms with van der Waals surface area (Å²) in [6.07, 6.45) is 3.79. The minimum Gasteiger partial charge on any atom is -0.444 e. The predicted molar refractivity (Wildman–Crippen MR) is 84.5 cm³/mol. The topological polar surface area (TPSA) is 44.8 Å². The van der Waals surface area contributed by atoms with E-state index in [9.17, 15) is 4.79 Å². The van der Waals surface area contributed by atoms with Crippen molar-refractivity contribution in [3.05, 3.63) is 0 Å². The van der Waals surface area contributed by atoms with Crippen LogP contribution in [0.15, 0.2) is 0 Å². The highest BCUT2D eigenvalue weighted by Crippen LogP contribution is 2.29. The number of ether oxygens (including phenoxy) is 1. The van der Waals surface area contributed by atoms with E-state index in [0.29, 0.717) is 19.1 Å². The molecule has 2 fully saturated rings. The first kappa shape index (κ1) is 16.6. The Morgan fingerprint density at radius 3 is 2.62 bits per heavy atom. The Morgan fingerprint density at radius 2 is 2.05 bits per heavy atom. The highest BCUT2D eigenvalue weighted by Gasteiger charge is 2.34. The summed E-state index contributed by atoms with van der Waals surface area (Å²) in [6, 6.07) is 1.45. The minimum atomic E-state index is -0.422. The van der Waals surface area contributed by atoms with Gasteiger partial charge < -0.3 is 15.0 Å². The number of likely N-dealkylation sites (tertiary alicyclic amines) is 1. The number of likely N-dealkylation sites (N-methyl/N-ethyl adjacent to an activating group) is 1. The third kappa shape index (κ3) is 5.47. The maximum absolute atomic E-state index is 12.0. The van der Waals surface area contributed by atoms with Crippen LogP contribution in [0.5, 0.6) is 0 Å². The van der Waals surface area contributed by atoms with Crippen LogP contribution >= 0.6 is 0 Å². The van der Waals surface area contributed by atoms with Gasteiger partial charge in [-0.15, -0.1) is 0 Å². The first-order valence-corrected chi connectivity index (χ1v) is 8.34. The smallest absolute Gasteiger partial charge is 0.410 e. The van der Waals surface area contributed by atoms with Crippen LogP contribution in [0.25, 0.3) is 0 Å². The van der Waals surface area contributed by atoms with Gasteiger partial charge in [-0.2, -0.15) is 0 Å². The second-order valence-corrected chi connectivity index (χ2v) is 7.23. The van der Waals surface area contributed by atoms with E-state index in [1.54, 1.807) is 4.90 Å². The van der Waals surface area contributed by atoms with Crippen LogP contribution < -0.4 is 5.32 Å². The number of hydrogen-bond acceptors (Lipinski definition) is 4. The first-order chi connectivity index (χ1) is 9.89. The van der Waals surface area contributed by atoms with E-state index < -0.39 is 5.60 Å². The molecule has 0 spiro atoms. The molecule has 1 saturated heterocycles. The van der Waals surface area contributed by atoms with E-state index in [0.717, 1.165) is 12.6 Å². The van der Waals surface area contributed by atoms with Crippen LogP contribution in [0, 0.1) is 0 Å². The maximum atomic E-state index is 12.0. The molecule has 1 atom stereocenters. The summed E-state index contributed by atoms with van der Waals surface area (Å²) in [5.41, 5.74) is -0.422. The Kier molecular flexibility index (Phi) is 5.49. The zero-order chi connectivity index (χ0) is 15.5. The van der Waals surface area contributed by atoms with Crippen molar-refractivity contribution in [1.82, 2.24) is 15.1 Å². The minimum absolute atomic E-state index is 0.210. The molecule has 0 bridgehead atoms. The molecule has 2 aliphatic rings. The molecule has 1 aliphatic carbocycles. The lowest BCUT2D eigenvalue weighted by atomic mass is 10.2. The number of carbonyl (C=O) groups is 1. The molecule has 21 heavy (non-hydrogen) atoms. The van der Waals surface area contributed by atoms with Crippen LogP contribution in [-0.2, 0) is 4.74 Å². The molecule has 0 radical (unpaired) electrons. The van der Waals surface area contributed by atoms with Gasteiger partial charge in [0.1, 0.15) is 5.60 Å². The average Bonchev–Trinajstić information content (AvgIpc) is 3.13. The number of nitrogens with one attached hydrogen (secondary N) is 1. The standard InChI is InChI=1S/C16H31N3O2/c1-5-18(15(20)21-16(2,3)4)11-9-17-13-8-10-19(12-13)14-6-7-14/h13-14,17H,5-12H2,1-4H3. The molecule has 122 valence electrons. The molecule has 1 amide bonds. The van der Waals surface area contributed by atoms with Crippen LogP contribution in [0.1, 0.15) is 47.0 Å². The van der Waals surface area contributed by atoms with Crippen molar-refractivity contribution in [2.75, 3.05) is 32.7 Å². The largest absolute Gasteiger partial charge is 0.444 e. The number of hydrogen-bond donors (Lipinski definition) is 1. The van der Waals surface area contributed by atoms with Crippen molar-refractivity contribution in [3.8, 4) is 0 Å². The van der Waals surface area contributed by atoms with Gasteiger partial charge in [0.05, 0.1) is 0 Å². The zero-order valence-electron chi connectivity index (χ0n) is 14.0. The Morgan fingerprint density at radius 1 is 1.33 bits per heavy atom. The molecule has 1 unspecified atom stereocenters. The van der Waals surface area contributed by atoms with Gasteiger partial charge in [0.25, 0.3) is 0 Å². The Labute approximate surface area is 129 Å². The number of amides is 1. The van der Waals surface area contributed by atoms with Crippen molar-refractivity contribution in [3.63, 3.8) is 0 Å². The van der Waals surface area contributed by atoms with Crippen LogP contribution in [0.2, 0.25) is 0 Å². The van der Waals surface area contributed by atoms with Gasteiger partial charge in [-0.3, -0.25) is 4.90 Å². The average molecular weight is 297 g/mol. The monoisotopic (exact) mass is 297 g/mol. The Hall–Kier alpha value is -0.810. The van der Waals surface area contributed by atoms with E-state index in [-0.39, 0.29) is 6.09 Å². The summed E-state index contributed by atoms with van der Waals surface area (Å²) >= 11 is 0. The fourth-order valence-electron chi connectivity index (χ4n) is 2.83. The molecule has 1 N–H and O–H groups in total. The molecule has 0 aromatic carbocycles. The molecular weight excluding hydrogens is 266 g/mol. The lowest BCUT2D eigenvalue weighted by molar-refractivity contribution is 0.0261. The molecule has 1 aliphatic heterocycles. The summed E-state index contributed by atoms with van der Waals surface area (Å²) in [6.45, 7) is 12.4. The molecule has 1 saturated carbocycles. The van der Waals surface area contributed by atoms with Crippen molar-refractivity contribution in [2.45, 2.75) is 64.6 Å². The van der Waals surface area contributed by atoms with Crippen molar-refractivity contribution in [2.24, 2.45) is 0 Å². The van der Waals surface area contributed by atoms with E-state index >= 15 is 0 Å². The second kappa shape index (κ2) is 6.97. The predicted octanol–water partition coefficient (Wildman–Crippen LogP) is 2.07. The van der Waals surface area contributed by atoms with Gasteiger partial charge in [0.15, 0.2) is 0 Å². The molecule has 0 aromatic heterocycles.